The van der Waals surface area contributed by atoms with E-state index in [2.05, 4.69) is 28.2 Å². The van der Waals surface area contributed by atoms with Crippen molar-refractivity contribution in [1.29, 1.82) is 0 Å². The summed E-state index contributed by atoms with van der Waals surface area (Å²) in [7, 11) is 0. The molecule has 1 unspecified atom stereocenters. The second kappa shape index (κ2) is 5.40. The first-order chi connectivity index (χ1) is 6.27. The number of amides is 1. The van der Waals surface area contributed by atoms with Crippen LogP contribution in [-0.2, 0) is 4.79 Å². The van der Waals surface area contributed by atoms with E-state index in [-0.39, 0.29) is 11.9 Å². The molecule has 1 amide bonds. The third-order valence-electron chi connectivity index (χ3n) is 1.75. The Hall–Kier alpha value is -0.350. The first-order valence-corrected chi connectivity index (χ1v) is 6.16. The van der Waals surface area contributed by atoms with Gasteiger partial charge in [0.25, 0.3) is 0 Å². The molecule has 1 rings (SSSR count). The van der Waals surface area contributed by atoms with E-state index in [9.17, 15) is 4.79 Å². The minimum absolute atomic E-state index is 0.0419. The second-order valence-electron chi connectivity index (χ2n) is 2.68. The van der Waals surface area contributed by atoms with E-state index >= 15 is 0 Å². The monoisotopic (exact) mass is 261 g/mol. The standard InChI is InChI=1S/C9H12BrNOS/c1-2-7(11-9(12)6-10)8-4-3-5-13-8/h3-5,7H,2,6H2,1H3,(H,11,12). The molecule has 0 saturated carbocycles. The third kappa shape index (κ3) is 3.12. The molecule has 0 bridgehead atoms. The Morgan fingerprint density at radius 1 is 1.77 bits per heavy atom. The zero-order chi connectivity index (χ0) is 9.68. The lowest BCUT2D eigenvalue weighted by atomic mass is 10.2. The predicted molar refractivity (Wildman–Crippen MR) is 59.3 cm³/mol. The number of carbonyl (C=O) groups is 1. The highest BCUT2D eigenvalue weighted by molar-refractivity contribution is 9.09. The zero-order valence-electron chi connectivity index (χ0n) is 7.42. The summed E-state index contributed by atoms with van der Waals surface area (Å²) in [5.41, 5.74) is 0. The molecule has 0 spiro atoms. The van der Waals surface area contributed by atoms with Crippen LogP contribution in [0.15, 0.2) is 17.5 Å². The number of alkyl halides is 1. The van der Waals surface area contributed by atoms with Gasteiger partial charge in [-0.2, -0.15) is 0 Å². The normalized spacial score (nSPS) is 12.5. The Morgan fingerprint density at radius 3 is 3.00 bits per heavy atom. The molecule has 0 radical (unpaired) electrons. The van der Waals surface area contributed by atoms with Gasteiger partial charge in [0.2, 0.25) is 5.91 Å². The summed E-state index contributed by atoms with van der Waals surface area (Å²) in [5.74, 6) is 0.0419. The Kier molecular flexibility index (Phi) is 4.45. The molecule has 1 N–H and O–H groups in total. The van der Waals surface area contributed by atoms with Crippen LogP contribution in [0.25, 0.3) is 0 Å². The fraction of sp³-hybridized carbons (Fsp3) is 0.444. The van der Waals surface area contributed by atoms with Crippen LogP contribution in [-0.4, -0.2) is 11.2 Å². The molecular formula is C9H12BrNOS. The molecular weight excluding hydrogens is 250 g/mol. The van der Waals surface area contributed by atoms with Crippen molar-refractivity contribution in [2.45, 2.75) is 19.4 Å². The van der Waals surface area contributed by atoms with Gasteiger partial charge in [-0.3, -0.25) is 4.79 Å². The molecule has 1 aromatic rings. The molecule has 0 aliphatic carbocycles. The fourth-order valence-corrected chi connectivity index (χ4v) is 2.12. The topological polar surface area (TPSA) is 29.1 Å². The molecule has 13 heavy (non-hydrogen) atoms. The van der Waals surface area contributed by atoms with Crippen LogP contribution in [0.2, 0.25) is 0 Å². The maximum atomic E-state index is 11.1. The number of carbonyl (C=O) groups excluding carboxylic acids is 1. The Labute approximate surface area is 90.5 Å². The Bertz CT molecular complexity index is 261. The molecule has 0 aliphatic heterocycles. The van der Waals surface area contributed by atoms with Crippen LogP contribution >= 0.6 is 27.3 Å². The lowest BCUT2D eigenvalue weighted by molar-refractivity contribution is -0.119. The van der Waals surface area contributed by atoms with Crippen molar-refractivity contribution in [3.05, 3.63) is 22.4 Å². The van der Waals surface area contributed by atoms with Gasteiger partial charge in [-0.15, -0.1) is 11.3 Å². The van der Waals surface area contributed by atoms with Crippen molar-refractivity contribution < 1.29 is 4.79 Å². The molecule has 4 heteroatoms. The minimum Gasteiger partial charge on any atom is -0.348 e. The van der Waals surface area contributed by atoms with Crippen LogP contribution in [0.4, 0.5) is 0 Å². The number of thiophene rings is 1. The molecule has 1 heterocycles. The van der Waals surface area contributed by atoms with Crippen molar-refractivity contribution >= 4 is 33.2 Å². The molecule has 72 valence electrons. The summed E-state index contributed by atoms with van der Waals surface area (Å²) in [5, 5.41) is 5.34. The molecule has 1 atom stereocenters. The predicted octanol–water partition coefficient (Wildman–Crippen LogP) is 2.71. The van der Waals surface area contributed by atoms with Gasteiger partial charge in [0.05, 0.1) is 11.4 Å². The van der Waals surface area contributed by atoms with Gasteiger partial charge in [0.15, 0.2) is 0 Å². The van der Waals surface area contributed by atoms with E-state index in [0.717, 1.165) is 6.42 Å². The maximum absolute atomic E-state index is 11.1. The van der Waals surface area contributed by atoms with Gasteiger partial charge < -0.3 is 5.32 Å². The molecule has 0 aromatic carbocycles. The van der Waals surface area contributed by atoms with Crippen molar-refractivity contribution in [3.63, 3.8) is 0 Å². The van der Waals surface area contributed by atoms with Gasteiger partial charge in [-0.05, 0) is 17.9 Å². The molecule has 2 nitrogen and oxygen atoms in total. The van der Waals surface area contributed by atoms with E-state index in [1.54, 1.807) is 11.3 Å². The van der Waals surface area contributed by atoms with E-state index < -0.39 is 0 Å². The van der Waals surface area contributed by atoms with Crippen LogP contribution in [0.3, 0.4) is 0 Å². The van der Waals surface area contributed by atoms with Crippen LogP contribution in [0.1, 0.15) is 24.3 Å². The second-order valence-corrected chi connectivity index (χ2v) is 4.22. The number of hydrogen-bond donors (Lipinski definition) is 1. The number of halogens is 1. The van der Waals surface area contributed by atoms with Crippen molar-refractivity contribution in [2.75, 3.05) is 5.33 Å². The lowest BCUT2D eigenvalue weighted by Crippen LogP contribution is -2.28. The zero-order valence-corrected chi connectivity index (χ0v) is 9.82. The van der Waals surface area contributed by atoms with Gasteiger partial charge in [-0.25, -0.2) is 0 Å². The van der Waals surface area contributed by atoms with Crippen LogP contribution < -0.4 is 5.32 Å². The first-order valence-electron chi connectivity index (χ1n) is 4.16. The van der Waals surface area contributed by atoms with Crippen molar-refractivity contribution in [2.24, 2.45) is 0 Å². The van der Waals surface area contributed by atoms with E-state index in [0.29, 0.717) is 5.33 Å². The van der Waals surface area contributed by atoms with Crippen molar-refractivity contribution in [3.8, 4) is 0 Å². The quantitative estimate of drug-likeness (QED) is 0.830. The van der Waals surface area contributed by atoms with Crippen LogP contribution in [0, 0.1) is 0 Å². The molecule has 1 aromatic heterocycles. The van der Waals surface area contributed by atoms with Gasteiger partial charge in [0.1, 0.15) is 0 Å². The summed E-state index contributed by atoms with van der Waals surface area (Å²) in [6.07, 6.45) is 0.930. The highest BCUT2D eigenvalue weighted by Gasteiger charge is 2.11. The smallest absolute Gasteiger partial charge is 0.231 e. The largest absolute Gasteiger partial charge is 0.348 e. The summed E-state index contributed by atoms with van der Waals surface area (Å²) in [6.45, 7) is 2.07. The first kappa shape index (κ1) is 10.7. The van der Waals surface area contributed by atoms with Crippen LogP contribution in [0.5, 0.6) is 0 Å². The van der Waals surface area contributed by atoms with Gasteiger partial charge >= 0.3 is 0 Å². The van der Waals surface area contributed by atoms with E-state index in [4.69, 9.17) is 0 Å². The Balaban J connectivity index is 2.58. The molecule has 0 saturated heterocycles. The summed E-state index contributed by atoms with van der Waals surface area (Å²) in [4.78, 5) is 12.3. The third-order valence-corrected chi connectivity index (χ3v) is 3.25. The SMILES string of the molecule is CCC(NC(=O)CBr)c1cccs1. The van der Waals surface area contributed by atoms with Gasteiger partial charge in [0, 0.05) is 4.88 Å². The summed E-state index contributed by atoms with van der Waals surface area (Å²) >= 11 is 4.81. The maximum Gasteiger partial charge on any atom is 0.231 e. The summed E-state index contributed by atoms with van der Waals surface area (Å²) in [6, 6.07) is 4.22. The van der Waals surface area contributed by atoms with Crippen molar-refractivity contribution in [1.82, 2.24) is 5.32 Å². The highest BCUT2D eigenvalue weighted by Crippen LogP contribution is 2.21. The molecule has 0 fully saturated rings. The van der Waals surface area contributed by atoms with E-state index in [1.807, 2.05) is 17.5 Å². The number of hydrogen-bond acceptors (Lipinski definition) is 2. The average Bonchev–Trinajstić information content (AvgIpc) is 2.66. The minimum atomic E-state index is 0.0419. The van der Waals surface area contributed by atoms with Gasteiger partial charge in [-0.1, -0.05) is 28.9 Å². The summed E-state index contributed by atoms with van der Waals surface area (Å²) < 4.78 is 0. The van der Waals surface area contributed by atoms with E-state index in [1.165, 1.54) is 4.88 Å². The number of nitrogens with one attached hydrogen (secondary N) is 1. The average molecular weight is 262 g/mol. The Morgan fingerprint density at radius 2 is 2.54 bits per heavy atom. The highest BCUT2D eigenvalue weighted by atomic mass is 79.9. The number of rotatable bonds is 4. The fourth-order valence-electron chi connectivity index (χ4n) is 1.10. The molecule has 0 aliphatic rings. The lowest BCUT2D eigenvalue weighted by Gasteiger charge is -2.14.